The Bertz CT molecular complexity index is 763. The first kappa shape index (κ1) is 19.7. The summed E-state index contributed by atoms with van der Waals surface area (Å²) in [4.78, 5) is 20.0. The zero-order valence-corrected chi connectivity index (χ0v) is 16.6. The van der Waals surface area contributed by atoms with E-state index in [0.717, 1.165) is 25.9 Å². The van der Waals surface area contributed by atoms with Crippen LogP contribution in [0.5, 0.6) is 0 Å². The van der Waals surface area contributed by atoms with Crippen molar-refractivity contribution in [3.63, 3.8) is 0 Å². The molecular formula is C19H30N6O2. The van der Waals surface area contributed by atoms with Gasteiger partial charge >= 0.3 is 0 Å². The molecule has 1 fully saturated rings. The van der Waals surface area contributed by atoms with Crippen LogP contribution in [0.15, 0.2) is 17.6 Å². The second-order valence-electron chi connectivity index (χ2n) is 7.98. The number of hydrogen-bond acceptors (Lipinski definition) is 6. The molecule has 1 aliphatic rings. The number of ether oxygens (including phenoxy) is 1. The van der Waals surface area contributed by atoms with E-state index in [1.807, 2.05) is 10.9 Å². The summed E-state index contributed by atoms with van der Waals surface area (Å²) < 4.78 is 7.76. The highest BCUT2D eigenvalue weighted by atomic mass is 16.5. The number of imidazole rings is 1. The van der Waals surface area contributed by atoms with Gasteiger partial charge in [0.05, 0.1) is 25.4 Å². The van der Waals surface area contributed by atoms with E-state index in [2.05, 4.69) is 52.5 Å². The number of rotatable bonds is 8. The summed E-state index contributed by atoms with van der Waals surface area (Å²) in [6, 6.07) is 0. The molecule has 3 rings (SSSR count). The van der Waals surface area contributed by atoms with Crippen LogP contribution in [0.25, 0.3) is 11.2 Å². The maximum absolute atomic E-state index is 9.29. The number of aliphatic imine (C=N–C) groups is 1. The van der Waals surface area contributed by atoms with E-state index in [4.69, 9.17) is 4.74 Å². The fourth-order valence-corrected chi connectivity index (χ4v) is 3.41. The van der Waals surface area contributed by atoms with E-state index in [1.54, 1.807) is 6.33 Å². The van der Waals surface area contributed by atoms with Crippen LogP contribution in [0.4, 0.5) is 5.82 Å². The minimum Gasteiger partial charge on any atom is -0.394 e. The van der Waals surface area contributed by atoms with Crippen LogP contribution in [-0.4, -0.2) is 61.7 Å². The van der Waals surface area contributed by atoms with Crippen LogP contribution in [0, 0.1) is 11.8 Å². The Hall–Kier alpha value is -2.06. The average molecular weight is 374 g/mol. The highest BCUT2D eigenvalue weighted by Gasteiger charge is 2.27. The van der Waals surface area contributed by atoms with Crippen LogP contribution >= 0.6 is 0 Å². The molecule has 0 radical (unpaired) electrons. The molecule has 2 aromatic heterocycles. The Labute approximate surface area is 160 Å². The molecule has 0 aromatic carbocycles. The minimum absolute atomic E-state index is 0.0369. The third kappa shape index (κ3) is 4.81. The van der Waals surface area contributed by atoms with Gasteiger partial charge in [-0.25, -0.2) is 19.9 Å². The van der Waals surface area contributed by atoms with Gasteiger partial charge in [-0.05, 0) is 24.7 Å². The summed E-state index contributed by atoms with van der Waals surface area (Å²) in [5, 5.41) is 9.29. The van der Waals surface area contributed by atoms with Crippen molar-refractivity contribution in [1.82, 2.24) is 24.4 Å². The smallest absolute Gasteiger partial charge is 0.184 e. The van der Waals surface area contributed by atoms with Gasteiger partial charge in [0.1, 0.15) is 12.6 Å². The van der Waals surface area contributed by atoms with Crippen molar-refractivity contribution in [1.29, 1.82) is 0 Å². The van der Waals surface area contributed by atoms with Crippen molar-refractivity contribution in [3.8, 4) is 0 Å². The molecule has 0 bridgehead atoms. The lowest BCUT2D eigenvalue weighted by Gasteiger charge is -2.23. The Balaban J connectivity index is 1.83. The highest BCUT2D eigenvalue weighted by molar-refractivity contribution is 5.82. The zero-order chi connectivity index (χ0) is 19.4. The van der Waals surface area contributed by atoms with Gasteiger partial charge in [-0.3, -0.25) is 4.57 Å². The molecule has 0 saturated carbocycles. The Morgan fingerprint density at radius 1 is 1.22 bits per heavy atom. The monoisotopic (exact) mass is 374 g/mol. The van der Waals surface area contributed by atoms with E-state index in [9.17, 15) is 5.11 Å². The number of hydrogen-bond donors (Lipinski definition) is 1. The predicted molar refractivity (Wildman–Crippen MR) is 105 cm³/mol. The van der Waals surface area contributed by atoms with Crippen LogP contribution in [0.1, 0.15) is 46.8 Å². The molecule has 148 valence electrons. The van der Waals surface area contributed by atoms with E-state index in [0.29, 0.717) is 28.8 Å². The van der Waals surface area contributed by atoms with Gasteiger partial charge in [-0.1, -0.05) is 27.7 Å². The summed E-state index contributed by atoms with van der Waals surface area (Å²) in [6.45, 7) is 10.7. The third-order valence-electron chi connectivity index (χ3n) is 4.48. The number of aliphatic hydroxyl groups excluding tert-OH is 1. The second-order valence-corrected chi connectivity index (χ2v) is 7.98. The van der Waals surface area contributed by atoms with Gasteiger partial charge in [0.25, 0.3) is 0 Å². The molecule has 1 N–H and O–H groups in total. The molecule has 1 saturated heterocycles. The topological polar surface area (TPSA) is 88.7 Å². The van der Waals surface area contributed by atoms with Gasteiger partial charge < -0.3 is 14.7 Å². The molecule has 0 amide bonds. The summed E-state index contributed by atoms with van der Waals surface area (Å²) in [5.74, 6) is 1.67. The van der Waals surface area contributed by atoms with Crippen LogP contribution in [0.3, 0.4) is 0 Å². The molecule has 0 aliphatic carbocycles. The van der Waals surface area contributed by atoms with Crippen LogP contribution < -0.4 is 0 Å². The normalized spacial score (nSPS) is 20.6. The minimum atomic E-state index is -0.155. The summed E-state index contributed by atoms with van der Waals surface area (Å²) in [6.07, 6.45) is 6.49. The molecule has 2 atom stereocenters. The van der Waals surface area contributed by atoms with Crippen molar-refractivity contribution >= 4 is 23.3 Å². The zero-order valence-electron chi connectivity index (χ0n) is 16.6. The van der Waals surface area contributed by atoms with E-state index < -0.39 is 0 Å². The lowest BCUT2D eigenvalue weighted by molar-refractivity contribution is -0.0207. The standard InChI is InChI=1S/C19H30N6O2/c1-13(2)7-24(8-14(3)4)11-23-18-17-19(21-10-20-18)25(12-22-17)16-6-5-15(9-26)27-16/h10-16,26H,5-9H2,1-4H3/b23-11+/t15-,16+/m0/s1. The van der Waals surface area contributed by atoms with Crippen molar-refractivity contribution in [2.75, 3.05) is 19.7 Å². The molecule has 8 heteroatoms. The Kier molecular flexibility index (Phi) is 6.38. The summed E-state index contributed by atoms with van der Waals surface area (Å²) in [5.41, 5.74) is 1.37. The fraction of sp³-hybridized carbons (Fsp3) is 0.684. The van der Waals surface area contributed by atoms with E-state index in [1.165, 1.54) is 6.33 Å². The largest absolute Gasteiger partial charge is 0.394 e. The molecular weight excluding hydrogens is 344 g/mol. The first-order valence-corrected chi connectivity index (χ1v) is 9.70. The van der Waals surface area contributed by atoms with Crippen LogP contribution in [-0.2, 0) is 4.74 Å². The number of nitrogens with zero attached hydrogens (tertiary/aromatic N) is 6. The molecule has 0 unspecified atom stereocenters. The van der Waals surface area contributed by atoms with E-state index in [-0.39, 0.29) is 18.9 Å². The molecule has 8 nitrogen and oxygen atoms in total. The van der Waals surface area contributed by atoms with Gasteiger partial charge in [0, 0.05) is 13.1 Å². The lowest BCUT2D eigenvalue weighted by Crippen LogP contribution is -2.30. The van der Waals surface area contributed by atoms with E-state index >= 15 is 0 Å². The number of fused-ring (bicyclic) bond motifs is 1. The highest BCUT2D eigenvalue weighted by Crippen LogP contribution is 2.31. The first-order chi connectivity index (χ1) is 13.0. The quantitative estimate of drug-likeness (QED) is 0.565. The van der Waals surface area contributed by atoms with Gasteiger partial charge in [0.2, 0.25) is 0 Å². The summed E-state index contributed by atoms with van der Waals surface area (Å²) >= 11 is 0. The molecule has 0 spiro atoms. The Morgan fingerprint density at radius 3 is 2.59 bits per heavy atom. The number of aliphatic hydroxyl groups is 1. The maximum atomic E-state index is 9.29. The number of aromatic nitrogens is 4. The SMILES string of the molecule is CC(C)CN(/C=N/c1ncnc2c1ncn2[C@H]1CC[C@@H](CO)O1)CC(C)C. The second kappa shape index (κ2) is 8.75. The van der Waals surface area contributed by atoms with Crippen molar-refractivity contribution in [2.45, 2.75) is 52.9 Å². The van der Waals surface area contributed by atoms with Crippen molar-refractivity contribution in [2.24, 2.45) is 16.8 Å². The Morgan fingerprint density at radius 2 is 1.96 bits per heavy atom. The lowest BCUT2D eigenvalue weighted by atomic mass is 10.1. The maximum Gasteiger partial charge on any atom is 0.184 e. The predicted octanol–water partition coefficient (Wildman–Crippen LogP) is 2.77. The molecule has 27 heavy (non-hydrogen) atoms. The van der Waals surface area contributed by atoms with Crippen LogP contribution in [0.2, 0.25) is 0 Å². The average Bonchev–Trinajstić information content (AvgIpc) is 3.25. The molecule has 3 heterocycles. The van der Waals surface area contributed by atoms with Gasteiger partial charge in [-0.2, -0.15) is 0 Å². The third-order valence-corrected chi connectivity index (χ3v) is 4.48. The fourth-order valence-electron chi connectivity index (χ4n) is 3.41. The van der Waals surface area contributed by atoms with Gasteiger partial charge in [-0.15, -0.1) is 0 Å². The van der Waals surface area contributed by atoms with Crippen molar-refractivity contribution in [3.05, 3.63) is 12.7 Å². The van der Waals surface area contributed by atoms with Crippen molar-refractivity contribution < 1.29 is 9.84 Å². The molecule has 1 aliphatic heterocycles. The molecule has 2 aromatic rings. The van der Waals surface area contributed by atoms with Gasteiger partial charge in [0.15, 0.2) is 17.0 Å². The summed E-state index contributed by atoms with van der Waals surface area (Å²) in [7, 11) is 0. The first-order valence-electron chi connectivity index (χ1n) is 9.70.